The van der Waals surface area contributed by atoms with Crippen molar-refractivity contribution in [2.24, 2.45) is 23.7 Å². The third kappa shape index (κ3) is 2.01. The maximum Gasteiger partial charge on any atom is 0.228 e. The number of anilines is 1. The van der Waals surface area contributed by atoms with Gasteiger partial charge in [0.1, 0.15) is 0 Å². The normalized spacial score (nSPS) is 30.4. The Balaban J connectivity index is 1.82. The Morgan fingerprint density at radius 3 is 2.45 bits per heavy atom. The third-order valence-electron chi connectivity index (χ3n) is 4.44. The SMILES string of the molecule is Cc1ccccc1NC(=O)[C@H]1[C@H](C(=O)[O-])[C@@H]2C=C[C@@H]1C2. The lowest BCUT2D eigenvalue weighted by molar-refractivity contribution is -0.313. The van der Waals surface area contributed by atoms with Gasteiger partial charge in [-0.1, -0.05) is 30.4 Å². The third-order valence-corrected chi connectivity index (χ3v) is 4.44. The number of benzene rings is 1. The number of para-hydroxylation sites is 1. The van der Waals surface area contributed by atoms with Crippen molar-refractivity contribution in [3.05, 3.63) is 42.0 Å². The van der Waals surface area contributed by atoms with Crippen LogP contribution in [0.15, 0.2) is 36.4 Å². The van der Waals surface area contributed by atoms with Crippen molar-refractivity contribution in [1.29, 1.82) is 0 Å². The van der Waals surface area contributed by atoms with Gasteiger partial charge < -0.3 is 15.2 Å². The fourth-order valence-corrected chi connectivity index (χ4v) is 3.43. The molecule has 0 radical (unpaired) electrons. The molecule has 4 heteroatoms. The van der Waals surface area contributed by atoms with Gasteiger partial charge in [-0.15, -0.1) is 0 Å². The number of carbonyl (C=O) groups excluding carboxylic acids is 2. The fraction of sp³-hybridized carbons (Fsp3) is 0.375. The molecule has 0 aromatic heterocycles. The number of allylic oxidation sites excluding steroid dienone is 2. The van der Waals surface area contributed by atoms with Crippen LogP contribution in [0.25, 0.3) is 0 Å². The Kier molecular flexibility index (Phi) is 3.08. The van der Waals surface area contributed by atoms with Crippen molar-refractivity contribution in [2.75, 3.05) is 5.32 Å². The topological polar surface area (TPSA) is 69.2 Å². The van der Waals surface area contributed by atoms with Crippen molar-refractivity contribution in [3.8, 4) is 0 Å². The summed E-state index contributed by atoms with van der Waals surface area (Å²) in [6, 6.07) is 7.48. The first kappa shape index (κ1) is 12.9. The van der Waals surface area contributed by atoms with Crippen LogP contribution in [0.2, 0.25) is 0 Å². The van der Waals surface area contributed by atoms with E-state index in [0.29, 0.717) is 0 Å². The van der Waals surface area contributed by atoms with Gasteiger partial charge in [-0.2, -0.15) is 0 Å². The van der Waals surface area contributed by atoms with Gasteiger partial charge in [0.2, 0.25) is 5.91 Å². The molecule has 0 spiro atoms. The number of fused-ring (bicyclic) bond motifs is 2. The molecule has 2 aliphatic rings. The molecule has 0 saturated heterocycles. The monoisotopic (exact) mass is 270 g/mol. The smallest absolute Gasteiger partial charge is 0.228 e. The second kappa shape index (κ2) is 4.78. The highest BCUT2D eigenvalue weighted by atomic mass is 16.4. The van der Waals surface area contributed by atoms with Crippen LogP contribution in [-0.2, 0) is 9.59 Å². The number of amides is 1. The van der Waals surface area contributed by atoms with E-state index in [1.807, 2.05) is 43.3 Å². The summed E-state index contributed by atoms with van der Waals surface area (Å²) in [4.78, 5) is 23.7. The highest BCUT2D eigenvalue weighted by Gasteiger charge is 2.48. The molecule has 4 atom stereocenters. The average Bonchev–Trinajstić information content (AvgIpc) is 3.01. The zero-order valence-corrected chi connectivity index (χ0v) is 11.2. The summed E-state index contributed by atoms with van der Waals surface area (Å²) in [5, 5.41) is 14.2. The highest BCUT2D eigenvalue weighted by molar-refractivity contribution is 5.96. The number of rotatable bonds is 3. The summed E-state index contributed by atoms with van der Waals surface area (Å²) in [6.07, 6.45) is 4.61. The second-order valence-corrected chi connectivity index (χ2v) is 5.62. The quantitative estimate of drug-likeness (QED) is 0.837. The summed E-state index contributed by atoms with van der Waals surface area (Å²) in [5.41, 5.74) is 1.70. The van der Waals surface area contributed by atoms with Gasteiger partial charge in [0.25, 0.3) is 0 Å². The Morgan fingerprint density at radius 2 is 1.80 bits per heavy atom. The lowest BCUT2D eigenvalue weighted by Gasteiger charge is -2.28. The largest absolute Gasteiger partial charge is 0.550 e. The summed E-state index contributed by atoms with van der Waals surface area (Å²) in [5.74, 6) is -2.59. The molecule has 4 nitrogen and oxygen atoms in total. The molecular formula is C16H16NO3-. The average molecular weight is 270 g/mol. The number of hydrogen-bond acceptors (Lipinski definition) is 3. The standard InChI is InChI=1S/C16H17NO3/c1-9-4-2-3-5-12(9)17-15(18)13-10-6-7-11(8-10)14(13)16(19)20/h2-7,10-11,13-14H,8H2,1H3,(H,17,18)(H,19,20)/p-1/t10-,11-,13-,14-/m1/s1. The van der Waals surface area contributed by atoms with E-state index in [4.69, 9.17) is 0 Å². The van der Waals surface area contributed by atoms with Gasteiger partial charge in [-0.3, -0.25) is 4.79 Å². The number of aryl methyl sites for hydroxylation is 1. The summed E-state index contributed by atoms with van der Waals surface area (Å²) >= 11 is 0. The van der Waals surface area contributed by atoms with Gasteiger partial charge in [0.15, 0.2) is 0 Å². The van der Waals surface area contributed by atoms with E-state index in [-0.39, 0.29) is 17.7 Å². The lowest BCUT2D eigenvalue weighted by atomic mass is 9.82. The van der Waals surface area contributed by atoms with Crippen LogP contribution >= 0.6 is 0 Å². The van der Waals surface area contributed by atoms with Gasteiger partial charge in [0.05, 0.1) is 5.92 Å². The molecule has 1 fully saturated rings. The molecule has 0 unspecified atom stereocenters. The van der Waals surface area contributed by atoms with Crippen LogP contribution in [0, 0.1) is 30.6 Å². The highest BCUT2D eigenvalue weighted by Crippen LogP contribution is 2.48. The molecule has 0 heterocycles. The molecular weight excluding hydrogens is 254 g/mol. The number of hydrogen-bond donors (Lipinski definition) is 1. The van der Waals surface area contributed by atoms with Crippen molar-refractivity contribution in [3.63, 3.8) is 0 Å². The van der Waals surface area contributed by atoms with E-state index >= 15 is 0 Å². The fourth-order valence-electron chi connectivity index (χ4n) is 3.43. The summed E-state index contributed by atoms with van der Waals surface area (Å²) in [7, 11) is 0. The number of nitrogens with one attached hydrogen (secondary N) is 1. The van der Waals surface area contributed by atoms with Gasteiger partial charge >= 0.3 is 0 Å². The van der Waals surface area contributed by atoms with E-state index < -0.39 is 17.8 Å². The minimum Gasteiger partial charge on any atom is -0.550 e. The Hall–Kier alpha value is -2.10. The molecule has 2 aliphatic carbocycles. The van der Waals surface area contributed by atoms with Crippen LogP contribution in [0.3, 0.4) is 0 Å². The van der Waals surface area contributed by atoms with Crippen molar-refractivity contribution in [1.82, 2.24) is 0 Å². The van der Waals surface area contributed by atoms with Gasteiger partial charge in [0, 0.05) is 17.6 Å². The number of carboxylic acid groups (broad SMARTS) is 1. The van der Waals surface area contributed by atoms with E-state index in [1.54, 1.807) is 0 Å². The van der Waals surface area contributed by atoms with Crippen molar-refractivity contribution in [2.45, 2.75) is 13.3 Å². The van der Waals surface area contributed by atoms with Gasteiger partial charge in [-0.05, 0) is 36.8 Å². The second-order valence-electron chi connectivity index (χ2n) is 5.62. The molecule has 1 amide bonds. The molecule has 1 aromatic rings. The molecule has 1 saturated carbocycles. The van der Waals surface area contributed by atoms with Crippen LogP contribution in [0.5, 0.6) is 0 Å². The first-order valence-electron chi connectivity index (χ1n) is 6.83. The molecule has 20 heavy (non-hydrogen) atoms. The zero-order chi connectivity index (χ0) is 14.3. The number of aliphatic carboxylic acids is 1. The zero-order valence-electron chi connectivity index (χ0n) is 11.2. The molecule has 104 valence electrons. The summed E-state index contributed by atoms with van der Waals surface area (Å²) in [6.45, 7) is 1.91. The van der Waals surface area contributed by atoms with Crippen LogP contribution in [0.1, 0.15) is 12.0 Å². The number of carbonyl (C=O) groups is 2. The Morgan fingerprint density at radius 1 is 1.15 bits per heavy atom. The predicted octanol–water partition coefficient (Wildman–Crippen LogP) is 1.12. The molecule has 1 aromatic carbocycles. The predicted molar refractivity (Wildman–Crippen MR) is 72.5 cm³/mol. The van der Waals surface area contributed by atoms with Crippen LogP contribution in [-0.4, -0.2) is 11.9 Å². The molecule has 3 rings (SSSR count). The number of carboxylic acids is 1. The van der Waals surface area contributed by atoms with Crippen molar-refractivity contribution >= 4 is 17.6 Å². The molecule has 1 N–H and O–H groups in total. The van der Waals surface area contributed by atoms with Crippen LogP contribution < -0.4 is 10.4 Å². The minimum atomic E-state index is -1.12. The molecule has 2 bridgehead atoms. The van der Waals surface area contributed by atoms with E-state index in [9.17, 15) is 14.7 Å². The molecule has 0 aliphatic heterocycles. The minimum absolute atomic E-state index is 0.0203. The first-order chi connectivity index (χ1) is 9.58. The van der Waals surface area contributed by atoms with E-state index in [1.165, 1.54) is 0 Å². The first-order valence-corrected chi connectivity index (χ1v) is 6.83. The maximum absolute atomic E-state index is 12.4. The van der Waals surface area contributed by atoms with Crippen LogP contribution in [0.4, 0.5) is 5.69 Å². The Labute approximate surface area is 117 Å². The van der Waals surface area contributed by atoms with E-state index in [2.05, 4.69) is 5.32 Å². The summed E-state index contributed by atoms with van der Waals surface area (Å²) < 4.78 is 0. The van der Waals surface area contributed by atoms with Crippen molar-refractivity contribution < 1.29 is 14.7 Å². The maximum atomic E-state index is 12.4. The van der Waals surface area contributed by atoms with Gasteiger partial charge in [-0.25, -0.2) is 0 Å². The lowest BCUT2D eigenvalue weighted by Crippen LogP contribution is -2.42. The Bertz CT molecular complexity index is 593. The van der Waals surface area contributed by atoms with E-state index in [0.717, 1.165) is 17.7 Å².